The van der Waals surface area contributed by atoms with E-state index >= 15 is 0 Å². The zero-order valence-corrected chi connectivity index (χ0v) is 13.6. The normalized spacial score (nSPS) is 17.8. The Hall–Kier alpha value is -2.12. The van der Waals surface area contributed by atoms with Gasteiger partial charge in [-0.15, -0.1) is 0 Å². The van der Waals surface area contributed by atoms with Crippen LogP contribution in [0.25, 0.3) is 0 Å². The van der Waals surface area contributed by atoms with Crippen molar-refractivity contribution in [1.29, 1.82) is 0 Å². The van der Waals surface area contributed by atoms with Gasteiger partial charge in [0.1, 0.15) is 11.5 Å². The molecule has 0 bridgehead atoms. The molecular weight excluding hydrogens is 298 g/mol. The first-order chi connectivity index (χ1) is 11.2. The summed E-state index contributed by atoms with van der Waals surface area (Å²) in [6.07, 6.45) is 0.0809. The first-order valence-corrected chi connectivity index (χ1v) is 7.61. The molecule has 0 fully saturated rings. The quantitative estimate of drug-likeness (QED) is 0.898. The smallest absolute Gasteiger partial charge is 0.240 e. The maximum Gasteiger partial charge on any atom is 0.240 e. The number of benzene rings is 1. The molecule has 1 aromatic carbocycles. The highest BCUT2D eigenvalue weighted by molar-refractivity contribution is 5.51. The molecule has 1 aliphatic heterocycles. The highest BCUT2D eigenvalue weighted by Gasteiger charge is 2.30. The average molecular weight is 319 g/mol. The van der Waals surface area contributed by atoms with Crippen LogP contribution in [0, 0.1) is 0 Å². The van der Waals surface area contributed by atoms with E-state index < -0.39 is 6.10 Å². The van der Waals surface area contributed by atoms with E-state index in [4.69, 9.17) is 14.0 Å². The minimum atomic E-state index is -0.655. The molecule has 1 aliphatic rings. The molecule has 1 atom stereocenters. The summed E-state index contributed by atoms with van der Waals surface area (Å²) in [5.41, 5.74) is 1.73. The third-order valence-corrected chi connectivity index (χ3v) is 4.05. The van der Waals surface area contributed by atoms with Crippen LogP contribution >= 0.6 is 0 Å². The van der Waals surface area contributed by atoms with Crippen LogP contribution in [0.1, 0.15) is 35.9 Å². The number of nitrogens with zero attached hydrogens (tertiary/aromatic N) is 3. The molecule has 0 amide bonds. The molecule has 7 heteroatoms. The third kappa shape index (κ3) is 3.02. The molecule has 0 spiro atoms. The van der Waals surface area contributed by atoms with Crippen molar-refractivity contribution in [1.82, 2.24) is 15.0 Å². The van der Waals surface area contributed by atoms with E-state index in [1.807, 2.05) is 19.1 Å². The molecular formula is C16H21N3O4. The van der Waals surface area contributed by atoms with Crippen LogP contribution in [0.3, 0.4) is 0 Å². The van der Waals surface area contributed by atoms with Crippen LogP contribution in [-0.4, -0.2) is 40.9 Å². The lowest BCUT2D eigenvalue weighted by molar-refractivity contribution is 0.0779. The van der Waals surface area contributed by atoms with Crippen LogP contribution in [0.15, 0.2) is 16.7 Å². The number of aryl methyl sites for hydroxylation is 1. The molecule has 0 saturated carbocycles. The minimum Gasteiger partial charge on any atom is -0.496 e. The molecule has 2 heterocycles. The summed E-state index contributed by atoms with van der Waals surface area (Å²) in [4.78, 5) is 6.38. The molecule has 23 heavy (non-hydrogen) atoms. The fourth-order valence-corrected chi connectivity index (χ4v) is 2.95. The lowest BCUT2D eigenvalue weighted by Crippen LogP contribution is -2.33. The lowest BCUT2D eigenvalue weighted by atomic mass is 9.95. The molecule has 1 aromatic heterocycles. The average Bonchev–Trinajstić information content (AvgIpc) is 3.01. The summed E-state index contributed by atoms with van der Waals surface area (Å²) in [6.45, 7) is 3.56. The molecule has 3 rings (SSSR count). The summed E-state index contributed by atoms with van der Waals surface area (Å²) < 4.78 is 16.1. The number of aliphatic hydroxyl groups excluding tert-OH is 1. The second-order valence-electron chi connectivity index (χ2n) is 5.51. The van der Waals surface area contributed by atoms with Crippen molar-refractivity contribution < 1.29 is 19.1 Å². The summed E-state index contributed by atoms with van der Waals surface area (Å²) in [5.74, 6) is 2.67. The van der Waals surface area contributed by atoms with Crippen molar-refractivity contribution in [2.24, 2.45) is 0 Å². The first-order valence-electron chi connectivity index (χ1n) is 7.61. The SMILES string of the molecule is CCc1noc(CN2Cc3c(OC)ccc(OC)c3[C@@H](O)C2)n1. The van der Waals surface area contributed by atoms with Gasteiger partial charge in [0.05, 0.1) is 26.9 Å². The van der Waals surface area contributed by atoms with Crippen molar-refractivity contribution >= 4 is 0 Å². The number of ether oxygens (including phenoxy) is 2. The van der Waals surface area contributed by atoms with Crippen LogP contribution in [-0.2, 0) is 19.5 Å². The van der Waals surface area contributed by atoms with E-state index in [-0.39, 0.29) is 0 Å². The Kier molecular flexibility index (Phi) is 4.49. The second-order valence-corrected chi connectivity index (χ2v) is 5.51. The fourth-order valence-electron chi connectivity index (χ4n) is 2.95. The minimum absolute atomic E-state index is 0.473. The largest absolute Gasteiger partial charge is 0.496 e. The Morgan fingerprint density at radius 3 is 2.70 bits per heavy atom. The van der Waals surface area contributed by atoms with Crippen molar-refractivity contribution in [3.63, 3.8) is 0 Å². The van der Waals surface area contributed by atoms with E-state index in [1.54, 1.807) is 14.2 Å². The maximum atomic E-state index is 10.5. The Morgan fingerprint density at radius 1 is 1.30 bits per heavy atom. The number of rotatable bonds is 5. The van der Waals surface area contributed by atoms with Gasteiger partial charge in [-0.25, -0.2) is 0 Å². The number of fused-ring (bicyclic) bond motifs is 1. The summed E-state index contributed by atoms with van der Waals surface area (Å²) in [7, 11) is 3.23. The van der Waals surface area contributed by atoms with Crippen molar-refractivity contribution in [2.45, 2.75) is 32.5 Å². The van der Waals surface area contributed by atoms with Gasteiger partial charge in [-0.05, 0) is 12.1 Å². The van der Waals surface area contributed by atoms with Crippen LogP contribution in [0.2, 0.25) is 0 Å². The first kappa shape index (κ1) is 15.8. The zero-order chi connectivity index (χ0) is 16.4. The zero-order valence-electron chi connectivity index (χ0n) is 13.6. The third-order valence-electron chi connectivity index (χ3n) is 4.05. The van der Waals surface area contributed by atoms with Gasteiger partial charge in [0, 0.05) is 30.6 Å². The Bertz CT molecular complexity index is 686. The van der Waals surface area contributed by atoms with Crippen LogP contribution in [0.4, 0.5) is 0 Å². The van der Waals surface area contributed by atoms with Crippen molar-refractivity contribution in [3.8, 4) is 11.5 Å². The van der Waals surface area contributed by atoms with Gasteiger partial charge in [-0.1, -0.05) is 12.1 Å². The predicted octanol–water partition coefficient (Wildman–Crippen LogP) is 1.70. The molecule has 0 unspecified atom stereocenters. The van der Waals surface area contributed by atoms with Gasteiger partial charge in [0.25, 0.3) is 0 Å². The van der Waals surface area contributed by atoms with E-state index in [0.717, 1.165) is 23.3 Å². The van der Waals surface area contributed by atoms with Gasteiger partial charge in [0.15, 0.2) is 5.82 Å². The summed E-state index contributed by atoms with van der Waals surface area (Å²) >= 11 is 0. The van der Waals surface area contributed by atoms with E-state index in [9.17, 15) is 5.11 Å². The molecule has 0 saturated heterocycles. The van der Waals surface area contributed by atoms with E-state index in [2.05, 4.69) is 15.0 Å². The second kappa shape index (κ2) is 6.55. The highest BCUT2D eigenvalue weighted by Crippen LogP contribution is 2.39. The molecule has 2 aromatic rings. The van der Waals surface area contributed by atoms with Gasteiger partial charge in [-0.2, -0.15) is 4.98 Å². The molecule has 0 radical (unpaired) electrons. The van der Waals surface area contributed by atoms with E-state index in [1.165, 1.54) is 0 Å². The number of aliphatic hydroxyl groups is 1. The Balaban J connectivity index is 1.87. The van der Waals surface area contributed by atoms with Crippen molar-refractivity contribution in [3.05, 3.63) is 35.0 Å². The van der Waals surface area contributed by atoms with Gasteiger partial charge in [-0.3, -0.25) is 4.90 Å². The van der Waals surface area contributed by atoms with Gasteiger partial charge >= 0.3 is 0 Å². The molecule has 7 nitrogen and oxygen atoms in total. The van der Waals surface area contributed by atoms with Crippen LogP contribution in [0.5, 0.6) is 11.5 Å². The van der Waals surface area contributed by atoms with Crippen LogP contribution < -0.4 is 9.47 Å². The Morgan fingerprint density at radius 2 is 2.04 bits per heavy atom. The Labute approximate surface area is 134 Å². The topological polar surface area (TPSA) is 80.9 Å². The number of hydrogen-bond acceptors (Lipinski definition) is 7. The molecule has 124 valence electrons. The predicted molar refractivity (Wildman–Crippen MR) is 82.3 cm³/mol. The number of hydrogen-bond donors (Lipinski definition) is 1. The van der Waals surface area contributed by atoms with Crippen molar-refractivity contribution in [2.75, 3.05) is 20.8 Å². The lowest BCUT2D eigenvalue weighted by Gasteiger charge is -2.33. The van der Waals surface area contributed by atoms with Gasteiger partial charge < -0.3 is 19.1 Å². The highest BCUT2D eigenvalue weighted by atomic mass is 16.5. The molecule has 1 N–H and O–H groups in total. The van der Waals surface area contributed by atoms with Gasteiger partial charge in [0.2, 0.25) is 5.89 Å². The summed E-state index contributed by atoms with van der Waals surface area (Å²) in [5, 5.41) is 14.5. The monoisotopic (exact) mass is 319 g/mol. The maximum absolute atomic E-state index is 10.5. The number of methoxy groups -OCH3 is 2. The fraction of sp³-hybridized carbons (Fsp3) is 0.500. The summed E-state index contributed by atoms with van der Waals surface area (Å²) in [6, 6.07) is 3.68. The number of aromatic nitrogens is 2. The van der Waals surface area contributed by atoms with E-state index in [0.29, 0.717) is 37.1 Å². The number of β-amino-alcohol motifs (C(OH)–C–C–N with tert-alkyl or cyclic N) is 1. The molecule has 0 aliphatic carbocycles. The standard InChI is InChI=1S/C16H21N3O4/c1-4-14-17-15(23-18-14)9-19-7-10-12(21-2)5-6-13(22-3)16(10)11(20)8-19/h5-6,11,20H,4,7-9H2,1-3H3/t11-/m0/s1.